The van der Waals surface area contributed by atoms with E-state index in [0.717, 1.165) is 10.0 Å². The van der Waals surface area contributed by atoms with Crippen LogP contribution in [0.3, 0.4) is 0 Å². The summed E-state index contributed by atoms with van der Waals surface area (Å²) in [6, 6.07) is 20.9. The van der Waals surface area contributed by atoms with Gasteiger partial charge in [-0.15, -0.1) is 0 Å². The van der Waals surface area contributed by atoms with Gasteiger partial charge in [-0.25, -0.2) is 0 Å². The first-order valence-corrected chi connectivity index (χ1v) is 6.89. The molecule has 19 heavy (non-hydrogen) atoms. The zero-order chi connectivity index (χ0) is 13.1. The number of nitrogens with zero attached hydrogens (tertiary/aromatic N) is 1. The van der Waals surface area contributed by atoms with Gasteiger partial charge < -0.3 is 0 Å². The molecule has 0 radical (unpaired) electrons. The molecule has 0 atom stereocenters. The molecule has 0 unspecified atom stereocenters. The Morgan fingerprint density at radius 2 is 1.32 bits per heavy atom. The molecular formula is C17H12BrN. The second kappa shape index (κ2) is 5.37. The van der Waals surface area contributed by atoms with Gasteiger partial charge in [-0.1, -0.05) is 52.3 Å². The van der Waals surface area contributed by atoms with Crippen LogP contribution in [0, 0.1) is 0 Å². The summed E-state index contributed by atoms with van der Waals surface area (Å²) in [5.74, 6) is 0. The summed E-state index contributed by atoms with van der Waals surface area (Å²) >= 11 is 3.51. The van der Waals surface area contributed by atoms with E-state index >= 15 is 0 Å². The van der Waals surface area contributed by atoms with Crippen molar-refractivity contribution in [2.45, 2.75) is 0 Å². The summed E-state index contributed by atoms with van der Waals surface area (Å²) < 4.78 is 1.09. The average molecular weight is 310 g/mol. The molecule has 0 spiro atoms. The predicted molar refractivity (Wildman–Crippen MR) is 82.8 cm³/mol. The molecule has 2 heteroatoms. The zero-order valence-electron chi connectivity index (χ0n) is 10.3. The molecule has 1 heterocycles. The minimum absolute atomic E-state index is 1.09. The Labute approximate surface area is 121 Å². The number of halogens is 1. The Hall–Kier alpha value is -1.93. The van der Waals surface area contributed by atoms with Crippen molar-refractivity contribution in [1.29, 1.82) is 0 Å². The SMILES string of the molecule is Brc1cccc(-c2cccc(-c3cccnc3)c2)c1. The Kier molecular flexibility index (Phi) is 3.43. The Balaban J connectivity index is 2.06. The van der Waals surface area contributed by atoms with Crippen LogP contribution in [0.15, 0.2) is 77.5 Å². The van der Waals surface area contributed by atoms with Crippen molar-refractivity contribution in [3.63, 3.8) is 0 Å². The summed E-state index contributed by atoms with van der Waals surface area (Å²) in [6.45, 7) is 0. The van der Waals surface area contributed by atoms with Crippen molar-refractivity contribution >= 4 is 15.9 Å². The molecule has 0 bridgehead atoms. The fourth-order valence-electron chi connectivity index (χ4n) is 2.08. The molecular weight excluding hydrogens is 298 g/mol. The first-order valence-electron chi connectivity index (χ1n) is 6.09. The topological polar surface area (TPSA) is 12.9 Å². The van der Waals surface area contributed by atoms with Crippen molar-refractivity contribution in [3.05, 3.63) is 77.5 Å². The number of hydrogen-bond donors (Lipinski definition) is 0. The fraction of sp³-hybridized carbons (Fsp3) is 0. The summed E-state index contributed by atoms with van der Waals surface area (Å²) in [5, 5.41) is 0. The third-order valence-corrected chi connectivity index (χ3v) is 3.51. The Morgan fingerprint density at radius 1 is 0.684 bits per heavy atom. The van der Waals surface area contributed by atoms with Crippen LogP contribution in [0.5, 0.6) is 0 Å². The third-order valence-electron chi connectivity index (χ3n) is 3.02. The lowest BCUT2D eigenvalue weighted by Crippen LogP contribution is -1.82. The van der Waals surface area contributed by atoms with Gasteiger partial charge in [-0.2, -0.15) is 0 Å². The number of rotatable bonds is 2. The van der Waals surface area contributed by atoms with Crippen LogP contribution >= 0.6 is 15.9 Å². The molecule has 3 rings (SSSR count). The van der Waals surface area contributed by atoms with Crippen molar-refractivity contribution in [3.8, 4) is 22.3 Å². The van der Waals surface area contributed by atoms with Crippen LogP contribution < -0.4 is 0 Å². The maximum atomic E-state index is 4.17. The lowest BCUT2D eigenvalue weighted by Gasteiger charge is -2.06. The fourth-order valence-corrected chi connectivity index (χ4v) is 2.48. The van der Waals surface area contributed by atoms with Crippen molar-refractivity contribution in [2.24, 2.45) is 0 Å². The van der Waals surface area contributed by atoms with Crippen LogP contribution in [0.25, 0.3) is 22.3 Å². The van der Waals surface area contributed by atoms with E-state index in [2.05, 4.69) is 69.4 Å². The van der Waals surface area contributed by atoms with Gasteiger partial charge in [0.05, 0.1) is 0 Å². The standard InChI is InChI=1S/C17H12BrN/c18-17-8-2-6-15(11-17)13-4-1-5-14(10-13)16-7-3-9-19-12-16/h1-12H. The second-order valence-corrected chi connectivity index (χ2v) is 5.25. The molecule has 3 aromatic rings. The summed E-state index contributed by atoms with van der Waals surface area (Å²) in [5.41, 5.74) is 4.74. The van der Waals surface area contributed by atoms with Crippen LogP contribution in [0.1, 0.15) is 0 Å². The maximum Gasteiger partial charge on any atom is 0.0346 e. The molecule has 0 aliphatic rings. The van der Waals surface area contributed by atoms with Gasteiger partial charge in [0.25, 0.3) is 0 Å². The molecule has 0 saturated heterocycles. The number of pyridine rings is 1. The van der Waals surface area contributed by atoms with E-state index in [1.807, 2.05) is 18.3 Å². The summed E-state index contributed by atoms with van der Waals surface area (Å²) in [4.78, 5) is 4.17. The van der Waals surface area contributed by atoms with Gasteiger partial charge in [0.15, 0.2) is 0 Å². The minimum Gasteiger partial charge on any atom is -0.264 e. The minimum atomic E-state index is 1.09. The third kappa shape index (κ3) is 2.74. The predicted octanol–water partition coefficient (Wildman–Crippen LogP) is 5.18. The lowest BCUT2D eigenvalue weighted by atomic mass is 10.0. The van der Waals surface area contributed by atoms with E-state index in [0.29, 0.717) is 0 Å². The number of hydrogen-bond acceptors (Lipinski definition) is 1. The Bertz CT molecular complexity index is 692. The molecule has 2 aromatic carbocycles. The van der Waals surface area contributed by atoms with Crippen LogP contribution in [0.4, 0.5) is 0 Å². The molecule has 92 valence electrons. The van der Waals surface area contributed by atoms with Gasteiger partial charge >= 0.3 is 0 Å². The largest absolute Gasteiger partial charge is 0.264 e. The Morgan fingerprint density at radius 3 is 2.00 bits per heavy atom. The molecule has 1 nitrogen and oxygen atoms in total. The molecule has 0 N–H and O–H groups in total. The van der Waals surface area contributed by atoms with Gasteiger partial charge in [0, 0.05) is 22.4 Å². The van der Waals surface area contributed by atoms with Crippen LogP contribution in [0.2, 0.25) is 0 Å². The van der Waals surface area contributed by atoms with Crippen molar-refractivity contribution in [2.75, 3.05) is 0 Å². The van der Waals surface area contributed by atoms with Gasteiger partial charge in [-0.05, 0) is 41.0 Å². The van der Waals surface area contributed by atoms with Crippen LogP contribution in [-0.2, 0) is 0 Å². The monoisotopic (exact) mass is 309 g/mol. The highest BCUT2D eigenvalue weighted by Crippen LogP contribution is 2.27. The van der Waals surface area contributed by atoms with Gasteiger partial charge in [0.1, 0.15) is 0 Å². The lowest BCUT2D eigenvalue weighted by molar-refractivity contribution is 1.33. The molecule has 0 aliphatic heterocycles. The second-order valence-electron chi connectivity index (χ2n) is 4.33. The first kappa shape index (κ1) is 12.1. The van der Waals surface area contributed by atoms with E-state index < -0.39 is 0 Å². The summed E-state index contributed by atoms with van der Waals surface area (Å²) in [7, 11) is 0. The van der Waals surface area contributed by atoms with Gasteiger partial charge in [0.2, 0.25) is 0 Å². The molecule has 0 amide bonds. The number of benzene rings is 2. The van der Waals surface area contributed by atoms with E-state index in [9.17, 15) is 0 Å². The van der Waals surface area contributed by atoms with E-state index in [-0.39, 0.29) is 0 Å². The van der Waals surface area contributed by atoms with Gasteiger partial charge in [-0.3, -0.25) is 4.98 Å². The molecule has 1 aromatic heterocycles. The van der Waals surface area contributed by atoms with E-state index in [4.69, 9.17) is 0 Å². The van der Waals surface area contributed by atoms with E-state index in [1.165, 1.54) is 16.7 Å². The highest BCUT2D eigenvalue weighted by Gasteiger charge is 2.01. The maximum absolute atomic E-state index is 4.17. The summed E-state index contributed by atoms with van der Waals surface area (Å²) in [6.07, 6.45) is 3.68. The highest BCUT2D eigenvalue weighted by atomic mass is 79.9. The number of aromatic nitrogens is 1. The molecule has 0 saturated carbocycles. The quantitative estimate of drug-likeness (QED) is 0.635. The smallest absolute Gasteiger partial charge is 0.0346 e. The normalized spacial score (nSPS) is 10.4. The molecule has 0 fully saturated rings. The first-order chi connectivity index (χ1) is 9.33. The van der Waals surface area contributed by atoms with Crippen molar-refractivity contribution in [1.82, 2.24) is 4.98 Å². The molecule has 0 aliphatic carbocycles. The van der Waals surface area contributed by atoms with Crippen molar-refractivity contribution < 1.29 is 0 Å². The van der Waals surface area contributed by atoms with Crippen LogP contribution in [-0.4, -0.2) is 4.98 Å². The van der Waals surface area contributed by atoms with E-state index in [1.54, 1.807) is 6.20 Å². The zero-order valence-corrected chi connectivity index (χ0v) is 11.8. The highest BCUT2D eigenvalue weighted by molar-refractivity contribution is 9.10. The average Bonchev–Trinajstić information content (AvgIpc) is 2.48.